The van der Waals surface area contributed by atoms with Gasteiger partial charge in [-0.1, -0.05) is 19.8 Å². The Labute approximate surface area is 183 Å². The number of anilines is 2. The zero-order valence-electron chi connectivity index (χ0n) is 18.7. The van der Waals surface area contributed by atoms with Crippen LogP contribution in [0.4, 0.5) is 17.3 Å². The molecule has 31 heavy (non-hydrogen) atoms. The van der Waals surface area contributed by atoms with Crippen LogP contribution in [0.15, 0.2) is 23.6 Å². The first-order valence-electron chi connectivity index (χ1n) is 10.6. The fourth-order valence-corrected chi connectivity index (χ4v) is 4.08. The van der Waals surface area contributed by atoms with Crippen molar-refractivity contribution in [1.29, 1.82) is 0 Å². The van der Waals surface area contributed by atoms with Gasteiger partial charge in [-0.15, -0.1) is 4.91 Å². The van der Waals surface area contributed by atoms with E-state index < -0.39 is 0 Å². The van der Waals surface area contributed by atoms with Crippen LogP contribution in [-0.2, 0) is 6.54 Å². The average Bonchev–Trinajstić information content (AvgIpc) is 2.82. The molecule has 9 nitrogen and oxygen atoms in total. The molecule has 0 amide bonds. The van der Waals surface area contributed by atoms with Gasteiger partial charge in [0.05, 0.1) is 21.3 Å². The van der Waals surface area contributed by atoms with Gasteiger partial charge in [0, 0.05) is 19.6 Å². The minimum absolute atomic E-state index is 0.240. The Kier molecular flexibility index (Phi) is 7.86. The summed E-state index contributed by atoms with van der Waals surface area (Å²) in [5.74, 6) is 3.39. The number of ether oxygens (including phenoxy) is 3. The molecule has 0 radical (unpaired) electrons. The van der Waals surface area contributed by atoms with Crippen molar-refractivity contribution in [1.82, 2.24) is 9.97 Å². The molecule has 1 aromatic carbocycles. The summed E-state index contributed by atoms with van der Waals surface area (Å²) in [7, 11) is 4.71. The molecule has 1 aliphatic rings. The lowest BCUT2D eigenvalue weighted by atomic mass is 9.92. The van der Waals surface area contributed by atoms with Gasteiger partial charge in [-0.3, -0.25) is 0 Å². The van der Waals surface area contributed by atoms with E-state index >= 15 is 0 Å². The van der Waals surface area contributed by atoms with Crippen molar-refractivity contribution in [3.8, 4) is 17.2 Å². The fourth-order valence-electron chi connectivity index (χ4n) is 4.08. The standard InChI is InChI=1S/C22H31N5O4/c1-5-6-15-7-9-27(10-8-15)22-19(26-28)21(24-14-25-22)23-13-16-11-17(29-2)20(31-4)18(12-16)30-3/h11-12,14-15H,5-10,13H2,1-4H3,(H,23,24,25). The molecule has 9 heteroatoms. The second-order valence-electron chi connectivity index (χ2n) is 7.59. The second-order valence-corrected chi connectivity index (χ2v) is 7.59. The Hall–Kier alpha value is -3.10. The molecule has 0 unspecified atom stereocenters. The van der Waals surface area contributed by atoms with Gasteiger partial charge in [-0.2, -0.15) is 0 Å². The van der Waals surface area contributed by atoms with Crippen LogP contribution in [0.5, 0.6) is 17.2 Å². The van der Waals surface area contributed by atoms with Crippen LogP contribution >= 0.6 is 0 Å². The zero-order valence-corrected chi connectivity index (χ0v) is 18.7. The van der Waals surface area contributed by atoms with Gasteiger partial charge in [0.1, 0.15) is 6.33 Å². The number of nitroso groups, excluding NO2 is 1. The summed E-state index contributed by atoms with van der Waals surface area (Å²) in [6.07, 6.45) is 6.13. The molecule has 0 saturated carbocycles. The van der Waals surface area contributed by atoms with E-state index in [1.165, 1.54) is 19.2 Å². The smallest absolute Gasteiger partial charge is 0.203 e. The molecule has 0 aliphatic carbocycles. The molecule has 1 saturated heterocycles. The van der Waals surface area contributed by atoms with Crippen LogP contribution in [0.25, 0.3) is 0 Å². The van der Waals surface area contributed by atoms with Gasteiger partial charge in [-0.05, 0) is 41.6 Å². The third-order valence-corrected chi connectivity index (χ3v) is 5.69. The Morgan fingerprint density at radius 2 is 1.77 bits per heavy atom. The van der Waals surface area contributed by atoms with Crippen LogP contribution < -0.4 is 24.4 Å². The number of nitrogens with one attached hydrogen (secondary N) is 1. The highest BCUT2D eigenvalue weighted by molar-refractivity contribution is 5.74. The molecule has 2 aromatic rings. The highest BCUT2D eigenvalue weighted by atomic mass is 16.5. The minimum atomic E-state index is 0.240. The van der Waals surface area contributed by atoms with Crippen LogP contribution in [-0.4, -0.2) is 44.4 Å². The Morgan fingerprint density at radius 3 is 2.32 bits per heavy atom. The molecule has 2 heterocycles. The van der Waals surface area contributed by atoms with Crippen LogP contribution in [0.1, 0.15) is 38.2 Å². The molecule has 3 rings (SSSR count). The fraction of sp³-hybridized carbons (Fsp3) is 0.545. The Bertz CT molecular complexity index is 859. The summed E-state index contributed by atoms with van der Waals surface area (Å²) in [4.78, 5) is 22.4. The van der Waals surface area contributed by atoms with E-state index in [0.717, 1.165) is 37.4 Å². The first kappa shape index (κ1) is 22.6. The summed E-state index contributed by atoms with van der Waals surface area (Å²) in [6.45, 7) is 4.36. The van der Waals surface area contributed by atoms with E-state index in [1.807, 2.05) is 12.1 Å². The predicted octanol–water partition coefficient (Wildman–Crippen LogP) is 4.53. The van der Waals surface area contributed by atoms with Crippen molar-refractivity contribution in [2.75, 3.05) is 44.6 Å². The maximum atomic E-state index is 11.7. The summed E-state index contributed by atoms with van der Waals surface area (Å²) < 4.78 is 16.2. The van der Waals surface area contributed by atoms with Crippen LogP contribution in [0.2, 0.25) is 0 Å². The lowest BCUT2D eigenvalue weighted by molar-refractivity contribution is 0.324. The number of benzene rings is 1. The maximum absolute atomic E-state index is 11.7. The third kappa shape index (κ3) is 5.15. The van der Waals surface area contributed by atoms with Gasteiger partial charge in [0.25, 0.3) is 0 Å². The molecule has 168 valence electrons. The molecule has 1 N–H and O–H groups in total. The van der Waals surface area contributed by atoms with Gasteiger partial charge in [0.2, 0.25) is 5.75 Å². The molecule has 1 aromatic heterocycles. The largest absolute Gasteiger partial charge is 0.493 e. The quantitative estimate of drug-likeness (QED) is 0.550. The van der Waals surface area contributed by atoms with Gasteiger partial charge >= 0.3 is 0 Å². The van der Waals surface area contributed by atoms with Crippen molar-refractivity contribution in [2.45, 2.75) is 39.2 Å². The Morgan fingerprint density at radius 1 is 1.10 bits per heavy atom. The Balaban J connectivity index is 1.77. The molecule has 0 bridgehead atoms. The van der Waals surface area contributed by atoms with E-state index in [9.17, 15) is 4.91 Å². The zero-order chi connectivity index (χ0) is 22.2. The lowest BCUT2D eigenvalue weighted by Gasteiger charge is -2.33. The third-order valence-electron chi connectivity index (χ3n) is 5.69. The number of rotatable bonds is 10. The van der Waals surface area contributed by atoms with E-state index in [0.29, 0.717) is 35.4 Å². The van der Waals surface area contributed by atoms with Gasteiger partial charge in [-0.25, -0.2) is 9.97 Å². The lowest BCUT2D eigenvalue weighted by Crippen LogP contribution is -2.34. The number of hydrogen-bond acceptors (Lipinski definition) is 9. The summed E-state index contributed by atoms with van der Waals surface area (Å²) in [5, 5.41) is 6.47. The second kappa shape index (κ2) is 10.8. The minimum Gasteiger partial charge on any atom is -0.493 e. The van der Waals surface area contributed by atoms with Crippen LogP contribution in [0.3, 0.4) is 0 Å². The summed E-state index contributed by atoms with van der Waals surface area (Å²) in [6, 6.07) is 3.70. The summed E-state index contributed by atoms with van der Waals surface area (Å²) in [5.41, 5.74) is 1.12. The van der Waals surface area contributed by atoms with Crippen molar-refractivity contribution in [2.24, 2.45) is 11.1 Å². The molecular formula is C22H31N5O4. The van der Waals surface area contributed by atoms with Gasteiger partial charge in [0.15, 0.2) is 28.8 Å². The maximum Gasteiger partial charge on any atom is 0.203 e. The number of piperidine rings is 1. The highest BCUT2D eigenvalue weighted by Crippen LogP contribution is 2.39. The van der Waals surface area contributed by atoms with E-state index in [1.54, 1.807) is 21.3 Å². The summed E-state index contributed by atoms with van der Waals surface area (Å²) >= 11 is 0. The van der Waals surface area contributed by atoms with Crippen molar-refractivity contribution < 1.29 is 14.2 Å². The molecule has 1 aliphatic heterocycles. The van der Waals surface area contributed by atoms with Crippen LogP contribution in [0, 0.1) is 10.8 Å². The first-order chi connectivity index (χ1) is 15.1. The molecule has 0 atom stereocenters. The van der Waals surface area contributed by atoms with Crippen molar-refractivity contribution in [3.05, 3.63) is 28.9 Å². The van der Waals surface area contributed by atoms with Gasteiger partial charge < -0.3 is 24.4 Å². The number of aromatic nitrogens is 2. The molecular weight excluding hydrogens is 398 g/mol. The SMILES string of the molecule is CCCC1CCN(c2ncnc(NCc3cc(OC)c(OC)c(OC)c3)c2N=O)CC1. The number of hydrogen-bond donors (Lipinski definition) is 1. The normalized spacial score (nSPS) is 14.3. The average molecular weight is 430 g/mol. The van der Waals surface area contributed by atoms with Crippen molar-refractivity contribution >= 4 is 17.3 Å². The monoisotopic (exact) mass is 429 g/mol. The van der Waals surface area contributed by atoms with Crippen molar-refractivity contribution in [3.63, 3.8) is 0 Å². The molecule has 0 spiro atoms. The first-order valence-corrected chi connectivity index (χ1v) is 10.6. The number of nitrogens with zero attached hydrogens (tertiary/aromatic N) is 4. The van der Waals surface area contributed by atoms with E-state index in [2.05, 4.69) is 32.3 Å². The topological polar surface area (TPSA) is 98.2 Å². The predicted molar refractivity (Wildman–Crippen MR) is 121 cm³/mol. The molecule has 1 fully saturated rings. The van der Waals surface area contributed by atoms with E-state index in [-0.39, 0.29) is 5.69 Å². The highest BCUT2D eigenvalue weighted by Gasteiger charge is 2.24. The van der Waals surface area contributed by atoms with E-state index in [4.69, 9.17) is 14.2 Å². The number of methoxy groups -OCH3 is 3.